The summed E-state index contributed by atoms with van der Waals surface area (Å²) in [5, 5.41) is 0. The molecule has 1 aliphatic carbocycles. The molecule has 0 unspecified atom stereocenters. The number of aromatic nitrogens is 1. The van der Waals surface area contributed by atoms with Crippen LogP contribution >= 0.6 is 0 Å². The molecule has 0 aromatic carbocycles. The van der Waals surface area contributed by atoms with Gasteiger partial charge in [-0.05, 0) is 31.7 Å². The van der Waals surface area contributed by atoms with Gasteiger partial charge < -0.3 is 20.1 Å². The summed E-state index contributed by atoms with van der Waals surface area (Å²) in [4.78, 5) is 28.0. The molecule has 0 bridgehead atoms. The lowest BCUT2D eigenvalue weighted by Crippen LogP contribution is -2.40. The van der Waals surface area contributed by atoms with Crippen molar-refractivity contribution in [2.75, 3.05) is 32.4 Å². The number of hydrogen-bond donors (Lipinski definition) is 1. The zero-order valence-corrected chi connectivity index (χ0v) is 12.4. The van der Waals surface area contributed by atoms with Crippen LogP contribution in [-0.2, 0) is 4.79 Å². The Balaban J connectivity index is 1.68. The molecule has 0 spiro atoms. The molecule has 2 fully saturated rings. The molecule has 0 radical (unpaired) electrons. The second kappa shape index (κ2) is 5.42. The molecule has 1 saturated heterocycles. The molecule has 2 aliphatic rings. The average molecular weight is 290 g/mol. The number of amides is 2. The average Bonchev–Trinajstić information content (AvgIpc) is 3.00. The van der Waals surface area contributed by atoms with Crippen molar-refractivity contribution >= 4 is 17.5 Å². The lowest BCUT2D eigenvalue weighted by atomic mass is 10.3. The van der Waals surface area contributed by atoms with Crippen molar-refractivity contribution in [3.8, 4) is 0 Å². The van der Waals surface area contributed by atoms with Crippen molar-refractivity contribution in [2.24, 2.45) is 0 Å². The van der Waals surface area contributed by atoms with E-state index >= 15 is 0 Å². The largest absolute Gasteiger partial charge is 0.397 e. The third-order valence-corrected chi connectivity index (χ3v) is 4.21. The van der Waals surface area contributed by atoms with Gasteiger partial charge in [-0.25, -0.2) is 0 Å². The maximum atomic E-state index is 12.5. The zero-order chi connectivity index (χ0) is 15.0. The van der Waals surface area contributed by atoms with Gasteiger partial charge in [0, 0.05) is 32.4 Å². The third-order valence-electron chi connectivity index (χ3n) is 4.21. The highest BCUT2D eigenvalue weighted by atomic mass is 16.2. The molecule has 3 rings (SSSR count). The third kappa shape index (κ3) is 2.89. The summed E-state index contributed by atoms with van der Waals surface area (Å²) in [5.41, 5.74) is 7.01. The van der Waals surface area contributed by atoms with Crippen LogP contribution in [0.1, 0.15) is 42.2 Å². The minimum absolute atomic E-state index is 0.0286. The van der Waals surface area contributed by atoms with Gasteiger partial charge in [0.1, 0.15) is 5.69 Å². The van der Waals surface area contributed by atoms with Crippen LogP contribution in [0.5, 0.6) is 0 Å². The Kier molecular flexibility index (Phi) is 3.61. The number of rotatable bonds is 4. The van der Waals surface area contributed by atoms with Crippen LogP contribution in [0.25, 0.3) is 0 Å². The Bertz CT molecular complexity index is 556. The predicted molar refractivity (Wildman–Crippen MR) is 79.9 cm³/mol. The number of nitrogens with two attached hydrogens (primary N) is 1. The molecule has 21 heavy (non-hydrogen) atoms. The minimum atomic E-state index is -0.133. The van der Waals surface area contributed by atoms with Crippen LogP contribution in [0.15, 0.2) is 12.3 Å². The fourth-order valence-electron chi connectivity index (χ4n) is 2.86. The second-order valence-corrected chi connectivity index (χ2v) is 6.05. The molecule has 114 valence electrons. The van der Waals surface area contributed by atoms with Gasteiger partial charge in [-0.3, -0.25) is 9.59 Å². The van der Waals surface area contributed by atoms with Crippen LogP contribution in [0, 0.1) is 0 Å². The lowest BCUT2D eigenvalue weighted by molar-refractivity contribution is -0.130. The van der Waals surface area contributed by atoms with Gasteiger partial charge in [0.15, 0.2) is 0 Å². The molecule has 2 heterocycles. The minimum Gasteiger partial charge on any atom is -0.397 e. The van der Waals surface area contributed by atoms with Crippen LogP contribution in [0.2, 0.25) is 0 Å². The first-order valence-electron chi connectivity index (χ1n) is 7.57. The van der Waals surface area contributed by atoms with Gasteiger partial charge >= 0.3 is 0 Å². The summed E-state index contributed by atoms with van der Waals surface area (Å²) >= 11 is 0. The molecule has 1 saturated carbocycles. The van der Waals surface area contributed by atoms with Gasteiger partial charge in [0.2, 0.25) is 5.91 Å². The van der Waals surface area contributed by atoms with Crippen LogP contribution in [0.4, 0.5) is 5.69 Å². The number of nitrogens with zero attached hydrogens (tertiary/aromatic N) is 3. The molecule has 1 aromatic heterocycles. The number of likely N-dealkylation sites (tertiary alicyclic amines) is 1. The first kappa shape index (κ1) is 14.0. The smallest absolute Gasteiger partial charge is 0.270 e. The summed E-state index contributed by atoms with van der Waals surface area (Å²) in [6, 6.07) is 2.10. The van der Waals surface area contributed by atoms with E-state index in [1.807, 2.05) is 15.7 Å². The Morgan fingerprint density at radius 2 is 2.00 bits per heavy atom. The van der Waals surface area contributed by atoms with E-state index in [0.29, 0.717) is 17.4 Å². The quantitative estimate of drug-likeness (QED) is 0.902. The predicted octanol–water partition coefficient (Wildman–Crippen LogP) is 1.10. The second-order valence-electron chi connectivity index (χ2n) is 6.05. The number of anilines is 1. The Morgan fingerprint density at radius 1 is 1.33 bits per heavy atom. The first-order chi connectivity index (χ1) is 10.1. The number of nitrogen functional groups attached to an aromatic ring is 1. The maximum Gasteiger partial charge on any atom is 0.270 e. The molecule has 1 aromatic rings. The van der Waals surface area contributed by atoms with Crippen LogP contribution < -0.4 is 5.73 Å². The first-order valence-corrected chi connectivity index (χ1v) is 7.57. The van der Waals surface area contributed by atoms with E-state index in [0.717, 1.165) is 38.8 Å². The molecular formula is C15H22N4O2. The van der Waals surface area contributed by atoms with Gasteiger partial charge in [-0.2, -0.15) is 0 Å². The summed E-state index contributed by atoms with van der Waals surface area (Å²) in [6.45, 7) is 1.76. The summed E-state index contributed by atoms with van der Waals surface area (Å²) in [6.07, 6.45) is 6.12. The van der Waals surface area contributed by atoms with Crippen molar-refractivity contribution in [1.82, 2.24) is 14.4 Å². The normalized spacial score (nSPS) is 18.0. The van der Waals surface area contributed by atoms with Crippen LogP contribution in [-0.4, -0.2) is 52.9 Å². The van der Waals surface area contributed by atoms with Gasteiger partial charge in [0.25, 0.3) is 5.91 Å². The van der Waals surface area contributed by atoms with Gasteiger partial charge in [-0.15, -0.1) is 0 Å². The number of likely N-dealkylation sites (N-methyl/N-ethyl adjacent to an activating group) is 1. The molecular weight excluding hydrogens is 268 g/mol. The number of hydrogen-bond acceptors (Lipinski definition) is 3. The fraction of sp³-hybridized carbons (Fsp3) is 0.600. The Morgan fingerprint density at radius 3 is 2.62 bits per heavy atom. The zero-order valence-electron chi connectivity index (χ0n) is 12.4. The fourth-order valence-corrected chi connectivity index (χ4v) is 2.86. The maximum absolute atomic E-state index is 12.5. The van der Waals surface area contributed by atoms with E-state index in [1.54, 1.807) is 13.1 Å². The highest BCUT2D eigenvalue weighted by Crippen LogP contribution is 2.37. The molecule has 0 atom stereocenters. The lowest BCUT2D eigenvalue weighted by Gasteiger charge is -2.21. The van der Waals surface area contributed by atoms with Crippen molar-refractivity contribution in [2.45, 2.75) is 31.7 Å². The molecule has 1 aliphatic heterocycles. The van der Waals surface area contributed by atoms with Gasteiger partial charge in [-0.1, -0.05) is 0 Å². The summed E-state index contributed by atoms with van der Waals surface area (Å²) in [5.74, 6) is -0.105. The van der Waals surface area contributed by atoms with Crippen LogP contribution in [0.3, 0.4) is 0 Å². The molecule has 6 heteroatoms. The summed E-state index contributed by atoms with van der Waals surface area (Å²) in [7, 11) is 1.68. The molecule has 2 amide bonds. The van der Waals surface area contributed by atoms with Crippen molar-refractivity contribution in [3.63, 3.8) is 0 Å². The van der Waals surface area contributed by atoms with Gasteiger partial charge in [0.05, 0.1) is 12.2 Å². The molecule has 2 N–H and O–H groups in total. The topological polar surface area (TPSA) is 71.6 Å². The Labute approximate surface area is 124 Å². The van der Waals surface area contributed by atoms with E-state index in [2.05, 4.69) is 0 Å². The monoisotopic (exact) mass is 290 g/mol. The van der Waals surface area contributed by atoms with E-state index < -0.39 is 0 Å². The highest BCUT2D eigenvalue weighted by Gasteiger charge is 2.29. The van der Waals surface area contributed by atoms with E-state index in [-0.39, 0.29) is 18.4 Å². The SMILES string of the molecule is CN(CC(=O)N1CCCC1)C(=O)c1cc(N)cn1C1CC1. The number of carbonyl (C=O) groups is 2. The standard InChI is InChI=1S/C15H22N4O2/c1-17(10-14(20)18-6-2-3-7-18)15(21)13-8-11(16)9-19(13)12-4-5-12/h8-9,12H,2-7,10,16H2,1H3. The van der Waals surface area contributed by atoms with Crippen molar-refractivity contribution in [3.05, 3.63) is 18.0 Å². The number of carbonyl (C=O) groups excluding carboxylic acids is 2. The van der Waals surface area contributed by atoms with E-state index in [1.165, 1.54) is 4.90 Å². The summed E-state index contributed by atoms with van der Waals surface area (Å²) < 4.78 is 1.95. The van der Waals surface area contributed by atoms with E-state index in [4.69, 9.17) is 5.73 Å². The molecule has 6 nitrogen and oxygen atoms in total. The highest BCUT2D eigenvalue weighted by molar-refractivity contribution is 5.96. The van der Waals surface area contributed by atoms with Crippen molar-refractivity contribution in [1.29, 1.82) is 0 Å². The van der Waals surface area contributed by atoms with Crippen molar-refractivity contribution < 1.29 is 9.59 Å². The Hall–Kier alpha value is -1.98. The van der Waals surface area contributed by atoms with E-state index in [9.17, 15) is 9.59 Å².